The fourth-order valence-corrected chi connectivity index (χ4v) is 2.65. The number of rotatable bonds is 3. The first-order valence-corrected chi connectivity index (χ1v) is 7.72. The van der Waals surface area contributed by atoms with Crippen LogP contribution < -0.4 is 9.64 Å². The molecule has 1 amide bonds. The van der Waals surface area contributed by atoms with Crippen LogP contribution in [0.15, 0.2) is 36.4 Å². The van der Waals surface area contributed by atoms with Crippen LogP contribution in [0.4, 0.5) is 5.69 Å². The van der Waals surface area contributed by atoms with Gasteiger partial charge in [-0.05, 0) is 36.4 Å². The van der Waals surface area contributed by atoms with Gasteiger partial charge in [0.25, 0.3) is 5.91 Å². The minimum Gasteiger partial charge on any atom is -0.497 e. The molecule has 1 aliphatic rings. The summed E-state index contributed by atoms with van der Waals surface area (Å²) in [7, 11) is 1.65. The molecule has 2 heterocycles. The molecule has 3 rings (SSSR count). The second-order valence-electron chi connectivity index (χ2n) is 5.22. The van der Waals surface area contributed by atoms with E-state index in [4.69, 9.17) is 16.3 Å². The SMILES string of the molecule is COc1ccc(N2CCN(C(=O)c3ccc(Cl)nn3)CC2)cc1. The van der Waals surface area contributed by atoms with Crippen LogP contribution in [0.1, 0.15) is 10.5 Å². The quantitative estimate of drug-likeness (QED) is 0.861. The maximum Gasteiger partial charge on any atom is 0.274 e. The molecule has 0 saturated carbocycles. The zero-order valence-electron chi connectivity index (χ0n) is 12.8. The third-order valence-corrected chi connectivity index (χ3v) is 4.06. The molecule has 1 aliphatic heterocycles. The number of benzene rings is 1. The zero-order chi connectivity index (χ0) is 16.2. The van der Waals surface area contributed by atoms with E-state index in [2.05, 4.69) is 15.1 Å². The summed E-state index contributed by atoms with van der Waals surface area (Å²) in [5.41, 5.74) is 1.46. The van der Waals surface area contributed by atoms with Crippen molar-refractivity contribution in [2.45, 2.75) is 0 Å². The minimum atomic E-state index is -0.108. The summed E-state index contributed by atoms with van der Waals surface area (Å²) in [5, 5.41) is 7.85. The van der Waals surface area contributed by atoms with Crippen LogP contribution in [0, 0.1) is 0 Å². The number of amides is 1. The lowest BCUT2D eigenvalue weighted by Gasteiger charge is -2.36. The highest BCUT2D eigenvalue weighted by molar-refractivity contribution is 6.29. The lowest BCUT2D eigenvalue weighted by Crippen LogP contribution is -2.49. The van der Waals surface area contributed by atoms with Gasteiger partial charge in [-0.25, -0.2) is 0 Å². The summed E-state index contributed by atoms with van der Waals surface area (Å²) in [6.45, 7) is 2.85. The van der Waals surface area contributed by atoms with Gasteiger partial charge < -0.3 is 14.5 Å². The molecule has 23 heavy (non-hydrogen) atoms. The smallest absolute Gasteiger partial charge is 0.274 e. The molecule has 0 N–H and O–H groups in total. The number of carbonyl (C=O) groups excluding carboxylic acids is 1. The van der Waals surface area contributed by atoms with Crippen LogP contribution in [0.25, 0.3) is 0 Å². The van der Waals surface area contributed by atoms with Crippen molar-refractivity contribution >= 4 is 23.2 Å². The Balaban J connectivity index is 1.61. The summed E-state index contributed by atoms with van der Waals surface area (Å²) in [5.74, 6) is 0.729. The maximum atomic E-state index is 12.4. The average molecular weight is 333 g/mol. The fraction of sp³-hybridized carbons (Fsp3) is 0.312. The van der Waals surface area contributed by atoms with Crippen molar-refractivity contribution in [1.82, 2.24) is 15.1 Å². The zero-order valence-corrected chi connectivity index (χ0v) is 13.5. The van der Waals surface area contributed by atoms with Crippen LogP contribution >= 0.6 is 11.6 Å². The molecule has 120 valence electrons. The van der Waals surface area contributed by atoms with Gasteiger partial charge in [0.05, 0.1) is 7.11 Å². The Kier molecular flexibility index (Phi) is 4.62. The number of hydrogen-bond donors (Lipinski definition) is 0. The first kappa shape index (κ1) is 15.6. The van der Waals surface area contributed by atoms with Crippen LogP contribution in [0.3, 0.4) is 0 Å². The number of methoxy groups -OCH3 is 1. The first-order chi connectivity index (χ1) is 11.2. The second-order valence-corrected chi connectivity index (χ2v) is 5.61. The van der Waals surface area contributed by atoms with E-state index in [1.165, 1.54) is 0 Å². The van der Waals surface area contributed by atoms with Gasteiger partial charge in [0.15, 0.2) is 10.8 Å². The van der Waals surface area contributed by atoms with E-state index in [1.807, 2.05) is 24.3 Å². The molecule has 1 aromatic heterocycles. The number of hydrogen-bond acceptors (Lipinski definition) is 5. The van der Waals surface area contributed by atoms with E-state index in [0.717, 1.165) is 24.5 Å². The Hall–Kier alpha value is -2.34. The van der Waals surface area contributed by atoms with Crippen molar-refractivity contribution in [3.63, 3.8) is 0 Å². The third-order valence-electron chi connectivity index (χ3n) is 3.86. The molecule has 0 spiro atoms. The summed E-state index contributed by atoms with van der Waals surface area (Å²) < 4.78 is 5.17. The van der Waals surface area contributed by atoms with Gasteiger partial charge in [-0.1, -0.05) is 11.6 Å². The van der Waals surface area contributed by atoms with Crippen molar-refractivity contribution in [2.75, 3.05) is 38.2 Å². The van der Waals surface area contributed by atoms with E-state index in [1.54, 1.807) is 24.1 Å². The lowest BCUT2D eigenvalue weighted by atomic mass is 10.2. The molecule has 1 saturated heterocycles. The van der Waals surface area contributed by atoms with Crippen LogP contribution in [0.2, 0.25) is 5.15 Å². The number of anilines is 1. The van der Waals surface area contributed by atoms with E-state index >= 15 is 0 Å². The Morgan fingerprint density at radius 1 is 1.04 bits per heavy atom. The second kappa shape index (κ2) is 6.83. The van der Waals surface area contributed by atoms with Gasteiger partial charge in [-0.3, -0.25) is 4.79 Å². The van der Waals surface area contributed by atoms with Crippen molar-refractivity contribution in [3.8, 4) is 5.75 Å². The van der Waals surface area contributed by atoms with Gasteiger partial charge in [-0.2, -0.15) is 0 Å². The highest BCUT2D eigenvalue weighted by Gasteiger charge is 2.23. The predicted octanol–water partition coefficient (Wildman–Crippen LogP) is 2.10. The Bertz CT molecular complexity index is 667. The maximum absolute atomic E-state index is 12.4. The normalized spacial score (nSPS) is 14.7. The van der Waals surface area contributed by atoms with E-state index in [9.17, 15) is 4.79 Å². The summed E-state index contributed by atoms with van der Waals surface area (Å²) in [6.07, 6.45) is 0. The molecule has 1 aromatic carbocycles. The molecule has 0 atom stereocenters. The van der Waals surface area contributed by atoms with E-state index in [0.29, 0.717) is 18.8 Å². The van der Waals surface area contributed by atoms with Gasteiger partial charge in [0.2, 0.25) is 0 Å². The van der Waals surface area contributed by atoms with Gasteiger partial charge in [0, 0.05) is 31.9 Å². The molecule has 6 nitrogen and oxygen atoms in total. The molecule has 0 bridgehead atoms. The number of nitrogens with zero attached hydrogens (tertiary/aromatic N) is 4. The Morgan fingerprint density at radius 3 is 2.30 bits per heavy atom. The van der Waals surface area contributed by atoms with E-state index in [-0.39, 0.29) is 11.1 Å². The molecular weight excluding hydrogens is 316 g/mol. The number of piperazine rings is 1. The monoisotopic (exact) mass is 332 g/mol. The largest absolute Gasteiger partial charge is 0.497 e. The molecule has 0 radical (unpaired) electrons. The van der Waals surface area contributed by atoms with Crippen molar-refractivity contribution < 1.29 is 9.53 Å². The number of carbonyl (C=O) groups is 1. The highest BCUT2D eigenvalue weighted by Crippen LogP contribution is 2.20. The van der Waals surface area contributed by atoms with Crippen molar-refractivity contribution in [3.05, 3.63) is 47.2 Å². The number of aromatic nitrogens is 2. The van der Waals surface area contributed by atoms with Crippen molar-refractivity contribution in [2.24, 2.45) is 0 Å². The average Bonchev–Trinajstić information content (AvgIpc) is 2.62. The topological polar surface area (TPSA) is 58.6 Å². The summed E-state index contributed by atoms with van der Waals surface area (Å²) in [6, 6.07) is 11.1. The standard InChI is InChI=1S/C16H17ClN4O2/c1-23-13-4-2-12(3-5-13)20-8-10-21(11-9-20)16(22)14-6-7-15(17)19-18-14/h2-7H,8-11H2,1H3. The fourth-order valence-electron chi connectivity index (χ4n) is 2.55. The minimum absolute atomic E-state index is 0.108. The summed E-state index contributed by atoms with van der Waals surface area (Å²) >= 11 is 5.70. The van der Waals surface area contributed by atoms with Gasteiger partial charge in [0.1, 0.15) is 5.75 Å². The molecule has 0 aliphatic carbocycles. The molecule has 0 unspecified atom stereocenters. The highest BCUT2D eigenvalue weighted by atomic mass is 35.5. The molecule has 1 fully saturated rings. The predicted molar refractivity (Wildman–Crippen MR) is 88.2 cm³/mol. The van der Waals surface area contributed by atoms with E-state index < -0.39 is 0 Å². The first-order valence-electron chi connectivity index (χ1n) is 7.35. The molecule has 7 heteroatoms. The lowest BCUT2D eigenvalue weighted by molar-refractivity contribution is 0.0739. The van der Waals surface area contributed by atoms with Gasteiger partial charge in [-0.15, -0.1) is 10.2 Å². The Morgan fingerprint density at radius 2 is 1.74 bits per heavy atom. The molecule has 2 aromatic rings. The number of halogens is 1. The van der Waals surface area contributed by atoms with Crippen LogP contribution in [0.5, 0.6) is 5.75 Å². The Labute approximate surface area is 139 Å². The van der Waals surface area contributed by atoms with Crippen molar-refractivity contribution in [1.29, 1.82) is 0 Å². The van der Waals surface area contributed by atoms with Gasteiger partial charge >= 0.3 is 0 Å². The number of ether oxygens (including phenoxy) is 1. The molecular formula is C16H17ClN4O2. The summed E-state index contributed by atoms with van der Waals surface area (Å²) in [4.78, 5) is 16.4. The van der Waals surface area contributed by atoms with Crippen LogP contribution in [-0.4, -0.2) is 54.3 Å². The third kappa shape index (κ3) is 3.53. The van der Waals surface area contributed by atoms with Crippen LogP contribution in [-0.2, 0) is 0 Å².